The van der Waals surface area contributed by atoms with Crippen LogP contribution < -0.4 is 10.2 Å². The molecule has 2 rings (SSSR count). The van der Waals surface area contributed by atoms with E-state index in [1.807, 2.05) is 52.9 Å². The lowest BCUT2D eigenvalue weighted by Crippen LogP contribution is -2.41. The van der Waals surface area contributed by atoms with E-state index in [2.05, 4.69) is 10.3 Å². The van der Waals surface area contributed by atoms with E-state index in [0.29, 0.717) is 11.9 Å². The first-order valence-corrected chi connectivity index (χ1v) is 7.99. The summed E-state index contributed by atoms with van der Waals surface area (Å²) in [5, 5.41) is 3.45. The smallest absolute Gasteiger partial charge is 0.416 e. The van der Waals surface area contributed by atoms with Gasteiger partial charge >= 0.3 is 6.09 Å². The fourth-order valence-corrected chi connectivity index (χ4v) is 2.60. The van der Waals surface area contributed by atoms with E-state index >= 15 is 0 Å². The van der Waals surface area contributed by atoms with Gasteiger partial charge in [-0.1, -0.05) is 6.07 Å². The molecular weight excluding hydrogens is 278 g/mol. The van der Waals surface area contributed by atoms with Crippen molar-refractivity contribution in [3.63, 3.8) is 0 Å². The van der Waals surface area contributed by atoms with Crippen molar-refractivity contribution in [2.45, 2.75) is 65.1 Å². The molecule has 1 saturated heterocycles. The van der Waals surface area contributed by atoms with Gasteiger partial charge in [0.15, 0.2) is 0 Å². The lowest BCUT2D eigenvalue weighted by Gasteiger charge is -2.29. The number of carbonyl (C=O) groups is 1. The summed E-state index contributed by atoms with van der Waals surface area (Å²) < 4.78 is 5.48. The summed E-state index contributed by atoms with van der Waals surface area (Å²) in [6.45, 7) is 10.6. The van der Waals surface area contributed by atoms with E-state index in [1.54, 1.807) is 4.90 Å². The molecule has 5 heteroatoms. The van der Waals surface area contributed by atoms with Crippen LogP contribution in [-0.4, -0.2) is 29.3 Å². The van der Waals surface area contributed by atoms with Gasteiger partial charge in [-0.2, -0.15) is 0 Å². The highest BCUT2D eigenvalue weighted by Gasteiger charge is 2.26. The van der Waals surface area contributed by atoms with Crippen LogP contribution in [0.4, 0.5) is 10.6 Å². The van der Waals surface area contributed by atoms with Crippen LogP contribution in [0.1, 0.15) is 59.1 Å². The number of carbonyl (C=O) groups excluding carboxylic acids is 1. The van der Waals surface area contributed by atoms with Gasteiger partial charge in [0.05, 0.1) is 0 Å². The minimum Gasteiger partial charge on any atom is -0.443 e. The van der Waals surface area contributed by atoms with Gasteiger partial charge in [-0.3, -0.25) is 4.90 Å². The zero-order valence-corrected chi connectivity index (χ0v) is 14.2. The molecule has 0 bridgehead atoms. The molecule has 1 aliphatic rings. The van der Waals surface area contributed by atoms with Gasteiger partial charge in [0, 0.05) is 18.3 Å². The highest BCUT2D eigenvalue weighted by molar-refractivity contribution is 5.87. The predicted octanol–water partition coefficient (Wildman–Crippen LogP) is 3.66. The Hall–Kier alpha value is -1.62. The second kappa shape index (κ2) is 6.65. The molecule has 0 aliphatic carbocycles. The van der Waals surface area contributed by atoms with Crippen LogP contribution in [-0.2, 0) is 4.74 Å². The second-order valence-electron chi connectivity index (χ2n) is 7.04. The molecule has 0 saturated carbocycles. The highest BCUT2D eigenvalue weighted by Crippen LogP contribution is 2.25. The first-order chi connectivity index (χ1) is 10.3. The van der Waals surface area contributed by atoms with Crippen LogP contribution in [0.25, 0.3) is 0 Å². The van der Waals surface area contributed by atoms with Crippen LogP contribution >= 0.6 is 0 Å². The first kappa shape index (κ1) is 16.7. The van der Waals surface area contributed by atoms with Crippen molar-refractivity contribution in [3.05, 3.63) is 23.9 Å². The van der Waals surface area contributed by atoms with Crippen molar-refractivity contribution >= 4 is 11.9 Å². The molecule has 22 heavy (non-hydrogen) atoms. The third kappa shape index (κ3) is 4.19. The fourth-order valence-electron chi connectivity index (χ4n) is 2.60. The van der Waals surface area contributed by atoms with E-state index in [-0.39, 0.29) is 12.1 Å². The molecule has 1 aromatic heterocycles. The van der Waals surface area contributed by atoms with Gasteiger partial charge in [-0.05, 0) is 65.6 Å². The maximum atomic E-state index is 12.4. The third-order valence-corrected chi connectivity index (χ3v) is 3.59. The Bertz CT molecular complexity index is 500. The van der Waals surface area contributed by atoms with Crippen molar-refractivity contribution in [1.82, 2.24) is 10.3 Å². The molecule has 0 aromatic carbocycles. The van der Waals surface area contributed by atoms with E-state index in [4.69, 9.17) is 4.74 Å². The van der Waals surface area contributed by atoms with Gasteiger partial charge < -0.3 is 10.1 Å². The molecule has 1 fully saturated rings. The molecule has 1 N–H and O–H groups in total. The van der Waals surface area contributed by atoms with Crippen molar-refractivity contribution in [3.8, 4) is 0 Å². The molecule has 122 valence electrons. The summed E-state index contributed by atoms with van der Waals surface area (Å²) in [5.41, 5.74) is 0.659. The SMILES string of the molecule is CC(C)N(C(=O)OC(C)(C)C)c1ccc([C@H]2CCCN2)cn1. The Balaban J connectivity index is 2.16. The number of ether oxygens (including phenoxy) is 1. The molecule has 1 amide bonds. The Morgan fingerprint density at radius 3 is 2.59 bits per heavy atom. The minimum atomic E-state index is -0.516. The van der Waals surface area contributed by atoms with Crippen molar-refractivity contribution < 1.29 is 9.53 Å². The zero-order chi connectivity index (χ0) is 16.3. The lowest BCUT2D eigenvalue weighted by molar-refractivity contribution is 0.0569. The Morgan fingerprint density at radius 1 is 1.41 bits per heavy atom. The Labute approximate surface area is 133 Å². The molecule has 5 nitrogen and oxygen atoms in total. The van der Waals surface area contributed by atoms with Crippen LogP contribution in [0, 0.1) is 0 Å². The summed E-state index contributed by atoms with van der Waals surface area (Å²) >= 11 is 0. The highest BCUT2D eigenvalue weighted by atomic mass is 16.6. The normalized spacial score (nSPS) is 18.5. The minimum absolute atomic E-state index is 0.0159. The van der Waals surface area contributed by atoms with E-state index in [0.717, 1.165) is 13.0 Å². The fraction of sp³-hybridized carbons (Fsp3) is 0.647. The second-order valence-corrected chi connectivity index (χ2v) is 7.04. The number of anilines is 1. The molecule has 0 unspecified atom stereocenters. The lowest BCUT2D eigenvalue weighted by atomic mass is 10.1. The van der Waals surface area contributed by atoms with Crippen molar-refractivity contribution in [1.29, 1.82) is 0 Å². The molecule has 0 radical (unpaired) electrons. The molecule has 1 atom stereocenters. The number of rotatable bonds is 3. The number of hydrogen-bond acceptors (Lipinski definition) is 4. The standard InChI is InChI=1S/C17H27N3O2/c1-12(2)20(16(21)22-17(3,4)5)15-9-8-13(11-19-15)14-7-6-10-18-14/h8-9,11-12,14,18H,6-7,10H2,1-5H3/t14-/m1/s1. The summed E-state index contributed by atoms with van der Waals surface area (Å²) in [7, 11) is 0. The average molecular weight is 305 g/mol. The van der Waals surface area contributed by atoms with Crippen molar-refractivity contribution in [2.24, 2.45) is 0 Å². The molecule has 0 spiro atoms. The molecular formula is C17H27N3O2. The average Bonchev–Trinajstić information content (AvgIpc) is 2.91. The summed E-state index contributed by atoms with van der Waals surface area (Å²) in [6, 6.07) is 4.32. The number of nitrogens with zero attached hydrogens (tertiary/aromatic N) is 2. The number of pyridine rings is 1. The van der Waals surface area contributed by atoms with E-state index < -0.39 is 5.60 Å². The van der Waals surface area contributed by atoms with Crippen molar-refractivity contribution in [2.75, 3.05) is 11.4 Å². The van der Waals surface area contributed by atoms with Crippen LogP contribution in [0.5, 0.6) is 0 Å². The third-order valence-electron chi connectivity index (χ3n) is 3.59. The van der Waals surface area contributed by atoms with Crippen LogP contribution in [0.2, 0.25) is 0 Å². The maximum absolute atomic E-state index is 12.4. The Kier molecular flexibility index (Phi) is 5.06. The number of aromatic nitrogens is 1. The topological polar surface area (TPSA) is 54.5 Å². The largest absolute Gasteiger partial charge is 0.443 e. The van der Waals surface area contributed by atoms with E-state index in [1.165, 1.54) is 12.0 Å². The molecule has 1 aliphatic heterocycles. The summed E-state index contributed by atoms with van der Waals surface area (Å²) in [5.74, 6) is 0.631. The summed E-state index contributed by atoms with van der Waals surface area (Å²) in [6.07, 6.45) is 3.84. The quantitative estimate of drug-likeness (QED) is 0.926. The monoisotopic (exact) mass is 305 g/mol. The van der Waals surface area contributed by atoms with Gasteiger partial charge in [0.1, 0.15) is 11.4 Å². The van der Waals surface area contributed by atoms with E-state index in [9.17, 15) is 4.79 Å². The van der Waals surface area contributed by atoms with Gasteiger partial charge in [0.2, 0.25) is 0 Å². The number of amides is 1. The Morgan fingerprint density at radius 2 is 2.14 bits per heavy atom. The first-order valence-electron chi connectivity index (χ1n) is 7.99. The van der Waals surface area contributed by atoms with Gasteiger partial charge in [-0.25, -0.2) is 9.78 Å². The van der Waals surface area contributed by atoms with Crippen LogP contribution in [0.15, 0.2) is 18.3 Å². The molecule has 2 heterocycles. The zero-order valence-electron chi connectivity index (χ0n) is 14.2. The number of hydrogen-bond donors (Lipinski definition) is 1. The van der Waals surface area contributed by atoms with Gasteiger partial charge in [-0.15, -0.1) is 0 Å². The maximum Gasteiger partial charge on any atom is 0.416 e. The van der Waals surface area contributed by atoms with Crippen LogP contribution in [0.3, 0.4) is 0 Å². The summed E-state index contributed by atoms with van der Waals surface area (Å²) in [4.78, 5) is 18.5. The molecule has 1 aromatic rings. The number of nitrogens with one attached hydrogen (secondary N) is 1. The predicted molar refractivity (Wildman–Crippen MR) is 88.1 cm³/mol. The van der Waals surface area contributed by atoms with Gasteiger partial charge in [0.25, 0.3) is 0 Å².